The monoisotopic (exact) mass is 502 g/mol. The lowest BCUT2D eigenvalue weighted by molar-refractivity contribution is 0.100. The molecule has 0 atom stereocenters. The maximum atomic E-state index is 14.8. The van der Waals surface area contributed by atoms with E-state index in [1.165, 1.54) is 40.7 Å². The van der Waals surface area contributed by atoms with Crippen LogP contribution in [-0.2, 0) is 0 Å². The highest BCUT2D eigenvalue weighted by molar-refractivity contribution is 6.12. The normalized spacial score (nSPS) is 11.4. The van der Waals surface area contributed by atoms with Gasteiger partial charge in [-0.1, -0.05) is 30.4 Å². The zero-order chi connectivity index (χ0) is 26.4. The molecule has 0 fully saturated rings. The zero-order valence-corrected chi connectivity index (χ0v) is 21.0. The molecule has 1 aromatic heterocycles. The fourth-order valence-electron chi connectivity index (χ4n) is 4.02. The lowest BCUT2D eigenvalue weighted by atomic mass is 10.1. The number of para-hydroxylation sites is 1. The highest BCUT2D eigenvalue weighted by Crippen LogP contribution is 2.39. The summed E-state index contributed by atoms with van der Waals surface area (Å²) in [5.41, 5.74) is 3.07. The summed E-state index contributed by atoms with van der Waals surface area (Å²) in [4.78, 5) is 20.2. The topological polar surface area (TPSA) is 82.1 Å². The van der Waals surface area contributed by atoms with Crippen molar-refractivity contribution in [3.05, 3.63) is 77.2 Å². The Hall–Kier alpha value is -4.59. The largest absolute Gasteiger partial charge is 0.493 e. The minimum absolute atomic E-state index is 0.000675. The van der Waals surface area contributed by atoms with Crippen LogP contribution in [0, 0.1) is 5.82 Å². The van der Waals surface area contributed by atoms with Crippen molar-refractivity contribution >= 4 is 40.7 Å². The molecule has 0 aliphatic heterocycles. The van der Waals surface area contributed by atoms with E-state index in [9.17, 15) is 9.18 Å². The van der Waals surface area contributed by atoms with Gasteiger partial charge in [-0.3, -0.25) is 9.79 Å². The Morgan fingerprint density at radius 3 is 2.19 bits per heavy atom. The molecule has 0 spiro atoms. The van der Waals surface area contributed by atoms with Gasteiger partial charge in [0.1, 0.15) is 5.69 Å². The minimum Gasteiger partial charge on any atom is -0.493 e. The van der Waals surface area contributed by atoms with Gasteiger partial charge in [-0.05, 0) is 41.5 Å². The third kappa shape index (κ3) is 5.48. The molecular formula is C29H27FN2O5. The van der Waals surface area contributed by atoms with Crippen LogP contribution in [0.15, 0.2) is 59.7 Å². The maximum absolute atomic E-state index is 14.8. The number of aromatic nitrogens is 1. The van der Waals surface area contributed by atoms with Crippen LogP contribution in [0.25, 0.3) is 23.1 Å². The molecule has 3 aromatic carbocycles. The highest BCUT2D eigenvalue weighted by atomic mass is 19.1. The maximum Gasteiger partial charge on any atom is 0.203 e. The van der Waals surface area contributed by atoms with Crippen molar-refractivity contribution < 1.29 is 28.1 Å². The Kier molecular flexibility index (Phi) is 7.88. The van der Waals surface area contributed by atoms with E-state index in [0.29, 0.717) is 28.4 Å². The summed E-state index contributed by atoms with van der Waals surface area (Å²) in [5.74, 6) is 0.834. The van der Waals surface area contributed by atoms with Gasteiger partial charge < -0.3 is 23.9 Å². The van der Waals surface area contributed by atoms with Crippen molar-refractivity contribution in [2.45, 2.75) is 6.42 Å². The van der Waals surface area contributed by atoms with Gasteiger partial charge in [-0.2, -0.15) is 0 Å². The second kappa shape index (κ2) is 11.4. The first-order chi connectivity index (χ1) is 18.0. The Balaban J connectivity index is 1.58. The van der Waals surface area contributed by atoms with Gasteiger partial charge >= 0.3 is 0 Å². The Morgan fingerprint density at radius 2 is 1.54 bits per heavy atom. The van der Waals surface area contributed by atoms with E-state index in [2.05, 4.69) is 9.98 Å². The van der Waals surface area contributed by atoms with E-state index < -0.39 is 5.82 Å². The molecule has 1 heterocycles. The predicted octanol–water partition coefficient (Wildman–Crippen LogP) is 6.49. The van der Waals surface area contributed by atoms with E-state index in [-0.39, 0.29) is 23.6 Å². The number of benzene rings is 3. The Labute approximate surface area is 214 Å². The number of rotatable bonds is 10. The molecular weight excluding hydrogens is 475 g/mol. The van der Waals surface area contributed by atoms with E-state index in [1.54, 1.807) is 36.5 Å². The number of aliphatic imine (C=N–C) groups is 1. The minimum atomic E-state index is -0.565. The van der Waals surface area contributed by atoms with Gasteiger partial charge in [0.15, 0.2) is 28.8 Å². The van der Waals surface area contributed by atoms with Gasteiger partial charge in [-0.25, -0.2) is 4.39 Å². The van der Waals surface area contributed by atoms with Crippen LogP contribution in [0.1, 0.15) is 27.9 Å². The van der Waals surface area contributed by atoms with Crippen molar-refractivity contribution in [3.63, 3.8) is 0 Å². The first-order valence-electron chi connectivity index (χ1n) is 11.5. The molecule has 0 unspecified atom stereocenters. The van der Waals surface area contributed by atoms with Crippen LogP contribution < -0.4 is 18.9 Å². The fourth-order valence-corrected chi connectivity index (χ4v) is 4.02. The molecule has 1 N–H and O–H groups in total. The molecule has 0 bridgehead atoms. The molecule has 0 saturated heterocycles. The van der Waals surface area contributed by atoms with E-state index in [1.807, 2.05) is 24.3 Å². The van der Waals surface area contributed by atoms with Crippen LogP contribution in [0.4, 0.5) is 10.1 Å². The van der Waals surface area contributed by atoms with E-state index >= 15 is 0 Å². The molecule has 0 amide bonds. The summed E-state index contributed by atoms with van der Waals surface area (Å²) >= 11 is 0. The lowest BCUT2D eigenvalue weighted by Crippen LogP contribution is -1.98. The first-order valence-corrected chi connectivity index (χ1v) is 11.5. The van der Waals surface area contributed by atoms with Gasteiger partial charge in [-0.15, -0.1) is 0 Å². The molecule has 0 saturated carbocycles. The number of hydrogen-bond acceptors (Lipinski definition) is 6. The number of fused-ring (bicyclic) bond motifs is 1. The van der Waals surface area contributed by atoms with Crippen LogP contribution in [-0.4, -0.2) is 45.4 Å². The predicted molar refractivity (Wildman–Crippen MR) is 143 cm³/mol. The molecule has 0 aliphatic rings. The number of Topliss-reactive ketones (excluding diaryl/α,β-unsaturated/α-hetero) is 1. The summed E-state index contributed by atoms with van der Waals surface area (Å²) in [7, 11) is 5.99. The van der Waals surface area contributed by atoms with Crippen LogP contribution >= 0.6 is 0 Å². The Bertz CT molecular complexity index is 1460. The second-order valence-corrected chi connectivity index (χ2v) is 8.03. The summed E-state index contributed by atoms with van der Waals surface area (Å²) in [6.07, 6.45) is 6.74. The number of ether oxygens (including phenoxy) is 4. The lowest BCUT2D eigenvalue weighted by Gasteiger charge is -2.13. The number of H-pyrrole nitrogens is 1. The van der Waals surface area contributed by atoms with Crippen molar-refractivity contribution in [3.8, 4) is 23.0 Å². The molecule has 4 rings (SSSR count). The number of ketones is 1. The number of nitrogens with zero attached hydrogens (tertiary/aromatic N) is 1. The number of methoxy groups -OCH3 is 4. The average molecular weight is 503 g/mol. The fraction of sp³-hybridized carbons (Fsp3) is 0.172. The second-order valence-electron chi connectivity index (χ2n) is 8.03. The molecule has 0 radical (unpaired) electrons. The number of nitrogens with one attached hydrogen (secondary N) is 1. The zero-order valence-electron chi connectivity index (χ0n) is 21.0. The number of carbonyl (C=O) groups excluding carboxylic acids is 1. The third-order valence-electron chi connectivity index (χ3n) is 5.80. The van der Waals surface area contributed by atoms with Crippen molar-refractivity contribution in [2.75, 3.05) is 28.4 Å². The Morgan fingerprint density at radius 1 is 0.892 bits per heavy atom. The van der Waals surface area contributed by atoms with E-state index in [0.717, 1.165) is 16.5 Å². The van der Waals surface area contributed by atoms with Crippen molar-refractivity contribution in [1.82, 2.24) is 4.98 Å². The number of carbonyl (C=O) groups is 1. The average Bonchev–Trinajstić information content (AvgIpc) is 3.35. The van der Waals surface area contributed by atoms with Crippen LogP contribution in [0.3, 0.4) is 0 Å². The molecule has 190 valence electrons. The molecule has 0 aliphatic carbocycles. The smallest absolute Gasteiger partial charge is 0.203 e. The summed E-state index contributed by atoms with van der Waals surface area (Å²) in [6, 6.07) is 14.2. The quantitative estimate of drug-likeness (QED) is 0.152. The van der Waals surface area contributed by atoms with Crippen LogP contribution in [0.5, 0.6) is 23.0 Å². The van der Waals surface area contributed by atoms with Crippen molar-refractivity contribution in [1.29, 1.82) is 0 Å². The molecule has 37 heavy (non-hydrogen) atoms. The molecule has 7 nitrogen and oxygen atoms in total. The summed E-state index contributed by atoms with van der Waals surface area (Å²) < 4.78 is 36.1. The van der Waals surface area contributed by atoms with Gasteiger partial charge in [0.25, 0.3) is 0 Å². The van der Waals surface area contributed by atoms with Crippen molar-refractivity contribution in [2.24, 2.45) is 4.99 Å². The summed E-state index contributed by atoms with van der Waals surface area (Å²) in [6.45, 7) is 0. The van der Waals surface area contributed by atoms with Crippen LogP contribution in [0.2, 0.25) is 0 Å². The molecule has 4 aromatic rings. The van der Waals surface area contributed by atoms with Gasteiger partial charge in [0.2, 0.25) is 5.75 Å². The van der Waals surface area contributed by atoms with E-state index in [4.69, 9.17) is 18.9 Å². The number of hydrogen-bond donors (Lipinski definition) is 1. The number of halogens is 1. The van der Waals surface area contributed by atoms with Gasteiger partial charge in [0, 0.05) is 35.3 Å². The van der Waals surface area contributed by atoms with Gasteiger partial charge in [0.05, 0.1) is 28.4 Å². The first kappa shape index (κ1) is 25.5. The highest BCUT2D eigenvalue weighted by Gasteiger charge is 2.14. The number of aromatic amines is 1. The summed E-state index contributed by atoms with van der Waals surface area (Å²) in [5, 5.41) is 0.850. The SMILES string of the molecule is COc1cc(/C=C\c2cc(F)c(OC)c(N=CCC(=O)c3c[nH]c4ccccc34)c2)cc(OC)c1OC. The third-order valence-corrected chi connectivity index (χ3v) is 5.80. The standard InChI is InChI=1S/C29H27FN2O5/c1-34-26-15-19(16-27(35-2)29(26)37-4)10-9-18-13-22(30)28(36-3)24(14-18)31-12-11-25(33)21-17-32-23-8-6-5-7-20(21)23/h5-10,12-17,32H,11H2,1-4H3/b10-9-,31-12?. The molecule has 8 heteroatoms.